The minimum atomic E-state index is -0.426. The van der Waals surface area contributed by atoms with E-state index in [-0.39, 0.29) is 5.96 Å². The lowest BCUT2D eigenvalue weighted by Gasteiger charge is -1.99. The van der Waals surface area contributed by atoms with Gasteiger partial charge in [0.15, 0.2) is 0 Å². The molecular formula is C11H12N4O2. The Bertz CT molecular complexity index is 574. The summed E-state index contributed by atoms with van der Waals surface area (Å²) >= 11 is 0. The van der Waals surface area contributed by atoms with Gasteiger partial charge in [-0.1, -0.05) is 18.2 Å². The number of para-hydroxylation sites is 1. The topological polar surface area (TPSA) is 92.5 Å². The number of benzene rings is 1. The van der Waals surface area contributed by atoms with Crippen LogP contribution in [0.1, 0.15) is 10.4 Å². The van der Waals surface area contributed by atoms with E-state index in [0.29, 0.717) is 5.56 Å². The van der Waals surface area contributed by atoms with Gasteiger partial charge in [-0.2, -0.15) is 4.99 Å². The molecule has 0 unspecified atom stereocenters. The Hall–Kier alpha value is -2.34. The van der Waals surface area contributed by atoms with Crippen molar-refractivity contribution in [1.29, 1.82) is 0 Å². The maximum atomic E-state index is 11.8. The Morgan fingerprint density at radius 1 is 1.47 bits per heavy atom. The van der Waals surface area contributed by atoms with Crippen LogP contribution in [0.5, 0.6) is 0 Å². The summed E-state index contributed by atoms with van der Waals surface area (Å²) in [6.07, 6.45) is 1.61. The molecule has 0 saturated heterocycles. The van der Waals surface area contributed by atoms with E-state index in [9.17, 15) is 4.79 Å². The fraction of sp³-hybridized carbons (Fsp3) is 0.0909. The molecule has 2 aromatic rings. The molecule has 1 aromatic carbocycles. The number of rotatable bonds is 2. The molecule has 1 aromatic heterocycles. The molecular weight excluding hydrogens is 220 g/mol. The van der Waals surface area contributed by atoms with Crippen molar-refractivity contribution < 1.29 is 9.63 Å². The third-order valence-corrected chi connectivity index (χ3v) is 2.25. The van der Waals surface area contributed by atoms with Gasteiger partial charge in [0.25, 0.3) is 5.91 Å². The number of nitrogens with zero attached hydrogens (tertiary/aromatic N) is 1. The van der Waals surface area contributed by atoms with Crippen molar-refractivity contribution >= 4 is 22.8 Å². The van der Waals surface area contributed by atoms with Gasteiger partial charge in [-0.15, -0.1) is 0 Å². The van der Waals surface area contributed by atoms with Gasteiger partial charge in [-0.3, -0.25) is 9.63 Å². The first-order valence-electron chi connectivity index (χ1n) is 4.96. The maximum Gasteiger partial charge on any atom is 0.282 e. The smallest absolute Gasteiger partial charge is 0.282 e. The zero-order chi connectivity index (χ0) is 12.3. The average Bonchev–Trinajstić information content (AvgIpc) is 2.72. The Kier molecular flexibility index (Phi) is 3.06. The van der Waals surface area contributed by atoms with Gasteiger partial charge in [0.2, 0.25) is 5.96 Å². The predicted octanol–water partition coefficient (Wildman–Crippen LogP) is 0.774. The van der Waals surface area contributed by atoms with Crippen LogP contribution < -0.4 is 11.2 Å². The quantitative estimate of drug-likeness (QED) is 0.405. The molecule has 0 bridgehead atoms. The number of guanidine groups is 1. The van der Waals surface area contributed by atoms with Crippen molar-refractivity contribution in [2.45, 2.75) is 0 Å². The first-order chi connectivity index (χ1) is 8.22. The Morgan fingerprint density at radius 2 is 2.24 bits per heavy atom. The van der Waals surface area contributed by atoms with Gasteiger partial charge in [0.05, 0.1) is 12.7 Å². The Balaban J connectivity index is 2.34. The molecule has 4 N–H and O–H groups in total. The van der Waals surface area contributed by atoms with E-state index >= 15 is 0 Å². The van der Waals surface area contributed by atoms with Crippen LogP contribution in [0.4, 0.5) is 0 Å². The highest BCUT2D eigenvalue weighted by Gasteiger charge is 2.11. The number of H-pyrrole nitrogens is 1. The van der Waals surface area contributed by atoms with Crippen LogP contribution in [0.3, 0.4) is 0 Å². The van der Waals surface area contributed by atoms with Crippen LogP contribution in [-0.4, -0.2) is 24.0 Å². The maximum absolute atomic E-state index is 11.8. The fourth-order valence-corrected chi connectivity index (χ4v) is 1.55. The van der Waals surface area contributed by atoms with Crippen LogP contribution in [0.15, 0.2) is 35.5 Å². The van der Waals surface area contributed by atoms with E-state index in [2.05, 4.69) is 20.3 Å². The molecule has 1 amide bonds. The number of aromatic amines is 1. The number of hydroxylamine groups is 1. The lowest BCUT2D eigenvalue weighted by molar-refractivity contribution is 0.0997. The monoisotopic (exact) mass is 232 g/mol. The molecule has 6 nitrogen and oxygen atoms in total. The summed E-state index contributed by atoms with van der Waals surface area (Å²) in [6, 6.07) is 7.46. The second-order valence-electron chi connectivity index (χ2n) is 3.36. The number of amides is 1. The molecule has 0 radical (unpaired) electrons. The predicted molar refractivity (Wildman–Crippen MR) is 64.4 cm³/mol. The largest absolute Gasteiger partial charge is 0.368 e. The summed E-state index contributed by atoms with van der Waals surface area (Å²) in [4.78, 5) is 23.0. The average molecular weight is 232 g/mol. The summed E-state index contributed by atoms with van der Waals surface area (Å²) in [6.45, 7) is 0. The van der Waals surface area contributed by atoms with E-state index in [1.165, 1.54) is 7.11 Å². The number of hydrogen-bond donors (Lipinski definition) is 3. The normalized spacial score (nSPS) is 11.7. The van der Waals surface area contributed by atoms with Gasteiger partial charge >= 0.3 is 0 Å². The van der Waals surface area contributed by atoms with Gasteiger partial charge in [0.1, 0.15) is 0 Å². The van der Waals surface area contributed by atoms with Gasteiger partial charge in [0, 0.05) is 17.1 Å². The number of nitrogens with two attached hydrogens (primary N) is 1. The highest BCUT2D eigenvalue weighted by molar-refractivity contribution is 6.10. The summed E-state index contributed by atoms with van der Waals surface area (Å²) in [5, 5.41) is 0.812. The molecule has 0 aliphatic carbocycles. The standard InChI is InChI=1S/C11H12N4O2/c1-17-15-11(12)14-10(16)8-6-13-9-5-3-2-4-7(8)9/h2-6,13H,1H3,(H3,12,14,15,16). The Morgan fingerprint density at radius 3 is 3.00 bits per heavy atom. The fourth-order valence-electron chi connectivity index (χ4n) is 1.55. The summed E-state index contributed by atoms with van der Waals surface area (Å²) in [5.41, 5.74) is 9.05. The first-order valence-corrected chi connectivity index (χ1v) is 4.96. The van der Waals surface area contributed by atoms with Crippen LogP contribution in [0.25, 0.3) is 10.9 Å². The lowest BCUT2D eigenvalue weighted by Crippen LogP contribution is -2.31. The third-order valence-electron chi connectivity index (χ3n) is 2.25. The minimum absolute atomic E-state index is 0.0808. The van der Waals surface area contributed by atoms with Crippen LogP contribution >= 0.6 is 0 Å². The molecule has 0 saturated carbocycles. The number of aliphatic imine (C=N–C) groups is 1. The highest BCUT2D eigenvalue weighted by atomic mass is 16.6. The number of nitrogens with one attached hydrogen (secondary N) is 2. The van der Waals surface area contributed by atoms with Crippen molar-refractivity contribution in [2.24, 2.45) is 10.7 Å². The second kappa shape index (κ2) is 4.67. The molecule has 0 aliphatic rings. The van der Waals surface area contributed by atoms with Gasteiger partial charge in [-0.25, -0.2) is 5.48 Å². The summed E-state index contributed by atoms with van der Waals surface area (Å²) in [5.74, 6) is -0.507. The number of carbonyl (C=O) groups excluding carboxylic acids is 1. The van der Waals surface area contributed by atoms with Crippen LogP contribution in [0.2, 0.25) is 0 Å². The molecule has 88 valence electrons. The zero-order valence-electron chi connectivity index (χ0n) is 9.23. The molecule has 6 heteroatoms. The van der Waals surface area contributed by atoms with Gasteiger partial charge < -0.3 is 10.7 Å². The van der Waals surface area contributed by atoms with Crippen molar-refractivity contribution in [2.75, 3.05) is 7.11 Å². The number of hydrogen-bond acceptors (Lipinski definition) is 2. The van der Waals surface area contributed by atoms with Crippen LogP contribution in [0, 0.1) is 0 Å². The summed E-state index contributed by atoms with van der Waals surface area (Å²) < 4.78 is 0. The Labute approximate surface area is 97.4 Å². The minimum Gasteiger partial charge on any atom is -0.368 e. The van der Waals surface area contributed by atoms with E-state index < -0.39 is 5.91 Å². The SMILES string of the molecule is CONC(N)=NC(=O)c1c[nH]c2ccccc12. The van der Waals surface area contributed by atoms with E-state index in [4.69, 9.17) is 5.73 Å². The molecule has 0 aliphatic heterocycles. The van der Waals surface area contributed by atoms with E-state index in [0.717, 1.165) is 10.9 Å². The third kappa shape index (κ3) is 2.26. The van der Waals surface area contributed by atoms with E-state index in [1.807, 2.05) is 24.3 Å². The molecule has 0 fully saturated rings. The van der Waals surface area contributed by atoms with Crippen molar-refractivity contribution in [3.63, 3.8) is 0 Å². The van der Waals surface area contributed by atoms with Crippen LogP contribution in [-0.2, 0) is 4.84 Å². The molecule has 17 heavy (non-hydrogen) atoms. The lowest BCUT2D eigenvalue weighted by atomic mass is 10.2. The molecule has 1 heterocycles. The van der Waals surface area contributed by atoms with Crippen molar-refractivity contribution in [3.05, 3.63) is 36.0 Å². The molecule has 0 spiro atoms. The van der Waals surface area contributed by atoms with E-state index in [1.54, 1.807) is 6.20 Å². The molecule has 2 rings (SSSR count). The highest BCUT2D eigenvalue weighted by Crippen LogP contribution is 2.18. The summed E-state index contributed by atoms with van der Waals surface area (Å²) in [7, 11) is 1.39. The first kappa shape index (κ1) is 11.2. The number of carbonyl (C=O) groups is 1. The second-order valence-corrected chi connectivity index (χ2v) is 3.36. The number of aromatic nitrogens is 1. The van der Waals surface area contributed by atoms with Crippen molar-refractivity contribution in [1.82, 2.24) is 10.5 Å². The molecule has 0 atom stereocenters. The zero-order valence-corrected chi connectivity index (χ0v) is 9.23. The van der Waals surface area contributed by atoms with Gasteiger partial charge in [-0.05, 0) is 6.07 Å². The number of fused-ring (bicyclic) bond motifs is 1. The van der Waals surface area contributed by atoms with Crippen molar-refractivity contribution in [3.8, 4) is 0 Å².